The van der Waals surface area contributed by atoms with Gasteiger partial charge in [-0.25, -0.2) is 0 Å². The lowest BCUT2D eigenvalue weighted by atomic mass is 10.1. The Morgan fingerprint density at radius 2 is 2.00 bits per heavy atom. The van der Waals surface area contributed by atoms with E-state index in [1.54, 1.807) is 24.7 Å². The predicted molar refractivity (Wildman–Crippen MR) is 56.6 cm³/mol. The molecule has 0 spiro atoms. The molecular formula is C11H11N3. The number of nitrogens with zero attached hydrogens (tertiary/aromatic N) is 2. The molecule has 3 heteroatoms. The zero-order valence-corrected chi connectivity index (χ0v) is 7.94. The summed E-state index contributed by atoms with van der Waals surface area (Å²) < 4.78 is 0. The van der Waals surface area contributed by atoms with Crippen LogP contribution in [0.2, 0.25) is 0 Å². The minimum absolute atomic E-state index is 0.733. The molecule has 3 nitrogen and oxygen atoms in total. The topological polar surface area (TPSA) is 51.8 Å². The Labute approximate surface area is 82.6 Å². The number of aromatic nitrogens is 2. The van der Waals surface area contributed by atoms with E-state index < -0.39 is 0 Å². The molecule has 70 valence electrons. The lowest BCUT2D eigenvalue weighted by Gasteiger charge is -2.06. The normalized spacial score (nSPS) is 10.1. The fourth-order valence-corrected chi connectivity index (χ4v) is 1.40. The van der Waals surface area contributed by atoms with Gasteiger partial charge in [0.15, 0.2) is 0 Å². The molecule has 2 rings (SSSR count). The van der Waals surface area contributed by atoms with E-state index in [1.165, 1.54) is 0 Å². The molecule has 2 aromatic rings. The summed E-state index contributed by atoms with van der Waals surface area (Å²) in [4.78, 5) is 8.27. The maximum absolute atomic E-state index is 5.85. The van der Waals surface area contributed by atoms with E-state index in [0.29, 0.717) is 0 Å². The summed E-state index contributed by atoms with van der Waals surface area (Å²) in [5.74, 6) is 0. The third-order valence-corrected chi connectivity index (χ3v) is 2.15. The van der Waals surface area contributed by atoms with Gasteiger partial charge in [0.05, 0.1) is 0 Å². The minimum Gasteiger partial charge on any atom is -0.398 e. The molecular weight excluding hydrogens is 174 g/mol. The molecule has 14 heavy (non-hydrogen) atoms. The van der Waals surface area contributed by atoms with Crippen molar-refractivity contribution >= 4 is 5.69 Å². The van der Waals surface area contributed by atoms with Crippen LogP contribution < -0.4 is 5.73 Å². The van der Waals surface area contributed by atoms with Crippen LogP contribution in [0.1, 0.15) is 5.69 Å². The summed E-state index contributed by atoms with van der Waals surface area (Å²) >= 11 is 0. The molecule has 0 amide bonds. The lowest BCUT2D eigenvalue weighted by molar-refractivity contribution is 1.20. The highest BCUT2D eigenvalue weighted by Crippen LogP contribution is 2.25. The number of nitrogen functional groups attached to an aromatic ring is 1. The Hall–Kier alpha value is -1.90. The summed E-state index contributed by atoms with van der Waals surface area (Å²) in [5.41, 5.74) is 9.53. The van der Waals surface area contributed by atoms with Crippen LogP contribution in [-0.4, -0.2) is 9.97 Å². The number of aryl methyl sites for hydroxylation is 1. The third-order valence-electron chi connectivity index (χ3n) is 2.15. The largest absolute Gasteiger partial charge is 0.398 e. The first-order chi connectivity index (χ1) is 6.79. The summed E-state index contributed by atoms with van der Waals surface area (Å²) in [6.45, 7) is 1.96. The van der Waals surface area contributed by atoms with Gasteiger partial charge in [-0.15, -0.1) is 0 Å². The monoisotopic (exact) mass is 185 g/mol. The van der Waals surface area contributed by atoms with Gasteiger partial charge < -0.3 is 5.73 Å². The van der Waals surface area contributed by atoms with Gasteiger partial charge in [-0.2, -0.15) is 0 Å². The maximum atomic E-state index is 5.85. The highest BCUT2D eigenvalue weighted by Gasteiger charge is 2.04. The number of hydrogen-bond donors (Lipinski definition) is 1. The molecule has 2 N–H and O–H groups in total. The van der Waals surface area contributed by atoms with Crippen LogP contribution in [0.15, 0.2) is 36.8 Å². The van der Waals surface area contributed by atoms with E-state index in [2.05, 4.69) is 9.97 Å². The average molecular weight is 185 g/mol. The molecule has 2 heterocycles. The standard InChI is InChI=1S/C11H11N3/c1-8-9(3-2-5-14-8)10-7-13-6-4-11(10)12/h2-7H,1H3,(H2,12,13). The molecule has 0 unspecified atom stereocenters. The van der Waals surface area contributed by atoms with Crippen molar-refractivity contribution in [2.45, 2.75) is 6.92 Å². The highest BCUT2D eigenvalue weighted by molar-refractivity contribution is 5.76. The van der Waals surface area contributed by atoms with Crippen molar-refractivity contribution in [3.05, 3.63) is 42.5 Å². The van der Waals surface area contributed by atoms with Gasteiger partial charge in [-0.05, 0) is 19.1 Å². The average Bonchev–Trinajstić information content (AvgIpc) is 2.20. The van der Waals surface area contributed by atoms with Gasteiger partial charge >= 0.3 is 0 Å². The van der Waals surface area contributed by atoms with Crippen LogP contribution in [0, 0.1) is 6.92 Å². The second-order valence-corrected chi connectivity index (χ2v) is 3.10. The summed E-state index contributed by atoms with van der Waals surface area (Å²) in [5, 5.41) is 0. The van der Waals surface area contributed by atoms with Crippen molar-refractivity contribution in [1.29, 1.82) is 0 Å². The van der Waals surface area contributed by atoms with Crippen molar-refractivity contribution in [3.8, 4) is 11.1 Å². The molecule has 0 aliphatic heterocycles. The number of nitrogens with two attached hydrogens (primary N) is 1. The minimum atomic E-state index is 0.733. The van der Waals surface area contributed by atoms with Crippen LogP contribution in [0.25, 0.3) is 11.1 Å². The van der Waals surface area contributed by atoms with E-state index in [1.807, 2.05) is 19.1 Å². The highest BCUT2D eigenvalue weighted by atomic mass is 14.7. The van der Waals surface area contributed by atoms with Gasteiger partial charge in [-0.3, -0.25) is 9.97 Å². The second kappa shape index (κ2) is 3.46. The first-order valence-electron chi connectivity index (χ1n) is 4.40. The van der Waals surface area contributed by atoms with Gasteiger partial charge in [0.2, 0.25) is 0 Å². The van der Waals surface area contributed by atoms with Crippen molar-refractivity contribution in [2.75, 3.05) is 5.73 Å². The van der Waals surface area contributed by atoms with Gasteiger partial charge in [0.25, 0.3) is 0 Å². The maximum Gasteiger partial charge on any atom is 0.0452 e. The first kappa shape index (κ1) is 8.69. The molecule has 0 fully saturated rings. The van der Waals surface area contributed by atoms with E-state index in [0.717, 1.165) is 22.5 Å². The summed E-state index contributed by atoms with van der Waals surface area (Å²) in [6.07, 6.45) is 5.22. The second-order valence-electron chi connectivity index (χ2n) is 3.10. The first-order valence-corrected chi connectivity index (χ1v) is 4.40. The molecule has 0 aliphatic rings. The van der Waals surface area contributed by atoms with E-state index in [-0.39, 0.29) is 0 Å². The molecule has 0 atom stereocenters. The van der Waals surface area contributed by atoms with Crippen molar-refractivity contribution in [3.63, 3.8) is 0 Å². The number of anilines is 1. The van der Waals surface area contributed by atoms with E-state index in [9.17, 15) is 0 Å². The lowest BCUT2D eigenvalue weighted by Crippen LogP contribution is -1.93. The molecule has 0 aromatic carbocycles. The Morgan fingerprint density at radius 3 is 2.71 bits per heavy atom. The zero-order valence-electron chi connectivity index (χ0n) is 7.94. The smallest absolute Gasteiger partial charge is 0.0452 e. The molecule has 0 saturated carbocycles. The van der Waals surface area contributed by atoms with E-state index >= 15 is 0 Å². The Balaban J connectivity index is 2.61. The fourth-order valence-electron chi connectivity index (χ4n) is 1.40. The van der Waals surface area contributed by atoms with Crippen LogP contribution in [-0.2, 0) is 0 Å². The fraction of sp³-hybridized carbons (Fsp3) is 0.0909. The molecule has 0 radical (unpaired) electrons. The van der Waals surface area contributed by atoms with Crippen LogP contribution in [0.5, 0.6) is 0 Å². The Kier molecular flexibility index (Phi) is 2.14. The number of pyridine rings is 2. The predicted octanol–water partition coefficient (Wildman–Crippen LogP) is 2.03. The number of rotatable bonds is 1. The van der Waals surface area contributed by atoms with Gasteiger partial charge in [0.1, 0.15) is 0 Å². The third kappa shape index (κ3) is 1.44. The molecule has 2 aromatic heterocycles. The van der Waals surface area contributed by atoms with Crippen molar-refractivity contribution < 1.29 is 0 Å². The Bertz CT molecular complexity index is 408. The number of hydrogen-bond acceptors (Lipinski definition) is 3. The Morgan fingerprint density at radius 1 is 1.14 bits per heavy atom. The van der Waals surface area contributed by atoms with Crippen LogP contribution in [0.3, 0.4) is 0 Å². The van der Waals surface area contributed by atoms with E-state index in [4.69, 9.17) is 5.73 Å². The van der Waals surface area contributed by atoms with Crippen LogP contribution in [0.4, 0.5) is 5.69 Å². The molecule has 0 bridgehead atoms. The molecule has 0 aliphatic carbocycles. The SMILES string of the molecule is Cc1ncccc1-c1cnccc1N. The zero-order chi connectivity index (χ0) is 9.97. The van der Waals surface area contributed by atoms with Crippen molar-refractivity contribution in [1.82, 2.24) is 9.97 Å². The van der Waals surface area contributed by atoms with Gasteiger partial charge in [0, 0.05) is 41.1 Å². The summed E-state index contributed by atoms with van der Waals surface area (Å²) in [7, 11) is 0. The van der Waals surface area contributed by atoms with Crippen molar-refractivity contribution in [2.24, 2.45) is 0 Å². The summed E-state index contributed by atoms with van der Waals surface area (Å²) in [6, 6.07) is 5.69. The van der Waals surface area contributed by atoms with Gasteiger partial charge in [-0.1, -0.05) is 6.07 Å². The molecule has 0 saturated heterocycles. The quantitative estimate of drug-likeness (QED) is 0.739. The van der Waals surface area contributed by atoms with Crippen LogP contribution >= 0.6 is 0 Å².